The Labute approximate surface area is 123 Å². The topological polar surface area (TPSA) is 25.2 Å². The minimum atomic E-state index is -0.236. The lowest BCUT2D eigenvalue weighted by Gasteiger charge is -2.13. The van der Waals surface area contributed by atoms with E-state index in [-0.39, 0.29) is 11.9 Å². The number of halogens is 1. The summed E-state index contributed by atoms with van der Waals surface area (Å²) in [5.41, 5.74) is 2.03. The maximum atomic E-state index is 13.2. The molecule has 0 aliphatic rings. The van der Waals surface area contributed by atoms with Crippen molar-refractivity contribution < 1.29 is 8.81 Å². The molecular formula is C18H18FNO. The normalized spacial score (nSPS) is 12.7. The molecule has 1 heterocycles. The first-order chi connectivity index (χ1) is 10.3. The molecule has 0 bridgehead atoms. The van der Waals surface area contributed by atoms with Crippen LogP contribution in [0.1, 0.15) is 23.8 Å². The first kappa shape index (κ1) is 13.8. The van der Waals surface area contributed by atoms with Crippen LogP contribution in [-0.4, -0.2) is 7.05 Å². The molecule has 3 heteroatoms. The van der Waals surface area contributed by atoms with Crippen LogP contribution in [0.2, 0.25) is 0 Å². The van der Waals surface area contributed by atoms with Crippen molar-refractivity contribution in [1.29, 1.82) is 0 Å². The van der Waals surface area contributed by atoms with E-state index in [2.05, 4.69) is 17.4 Å². The number of hydrogen-bond acceptors (Lipinski definition) is 2. The van der Waals surface area contributed by atoms with Gasteiger partial charge in [0.2, 0.25) is 0 Å². The Bertz CT molecular complexity index is 720. The Balaban J connectivity index is 1.78. The van der Waals surface area contributed by atoms with Gasteiger partial charge in [-0.3, -0.25) is 0 Å². The Morgan fingerprint density at radius 3 is 2.67 bits per heavy atom. The number of furan rings is 1. The lowest BCUT2D eigenvalue weighted by molar-refractivity contribution is 0.433. The van der Waals surface area contributed by atoms with Gasteiger partial charge in [0, 0.05) is 5.39 Å². The van der Waals surface area contributed by atoms with Crippen molar-refractivity contribution in [3.63, 3.8) is 0 Å². The Hall–Kier alpha value is -2.13. The van der Waals surface area contributed by atoms with Gasteiger partial charge in [-0.15, -0.1) is 0 Å². The number of nitrogens with one attached hydrogen (secondary N) is 1. The highest BCUT2D eigenvalue weighted by Crippen LogP contribution is 2.27. The fourth-order valence-electron chi connectivity index (χ4n) is 2.59. The van der Waals surface area contributed by atoms with Gasteiger partial charge in [-0.05, 0) is 49.7 Å². The zero-order chi connectivity index (χ0) is 14.7. The van der Waals surface area contributed by atoms with E-state index in [0.29, 0.717) is 0 Å². The molecule has 3 aromatic rings. The molecule has 1 unspecified atom stereocenters. The zero-order valence-electron chi connectivity index (χ0n) is 12.0. The lowest BCUT2D eigenvalue weighted by Crippen LogP contribution is -2.16. The SMILES string of the molecule is CNC(CCc1ccccc1)c1cc2cc(F)ccc2o1. The number of aryl methyl sites for hydroxylation is 1. The van der Waals surface area contributed by atoms with Crippen molar-refractivity contribution >= 4 is 11.0 Å². The van der Waals surface area contributed by atoms with Crippen molar-refractivity contribution in [2.24, 2.45) is 0 Å². The molecule has 3 rings (SSSR count). The molecule has 21 heavy (non-hydrogen) atoms. The zero-order valence-corrected chi connectivity index (χ0v) is 12.0. The van der Waals surface area contributed by atoms with Gasteiger partial charge < -0.3 is 9.73 Å². The van der Waals surface area contributed by atoms with Gasteiger partial charge in [0.1, 0.15) is 17.2 Å². The van der Waals surface area contributed by atoms with E-state index in [1.54, 1.807) is 6.07 Å². The van der Waals surface area contributed by atoms with Crippen LogP contribution in [0, 0.1) is 5.82 Å². The third kappa shape index (κ3) is 3.14. The molecule has 0 radical (unpaired) electrons. The number of hydrogen-bond donors (Lipinski definition) is 1. The average Bonchev–Trinajstić information content (AvgIpc) is 2.92. The molecule has 0 saturated heterocycles. The van der Waals surface area contributed by atoms with Gasteiger partial charge >= 0.3 is 0 Å². The summed E-state index contributed by atoms with van der Waals surface area (Å²) in [6.45, 7) is 0. The molecule has 0 fully saturated rings. The second kappa shape index (κ2) is 6.10. The summed E-state index contributed by atoms with van der Waals surface area (Å²) in [6.07, 6.45) is 1.90. The van der Waals surface area contributed by atoms with Gasteiger partial charge in [0.05, 0.1) is 6.04 Å². The van der Waals surface area contributed by atoms with Crippen molar-refractivity contribution in [1.82, 2.24) is 5.32 Å². The van der Waals surface area contributed by atoms with Crippen LogP contribution in [0.5, 0.6) is 0 Å². The summed E-state index contributed by atoms with van der Waals surface area (Å²) in [5.74, 6) is 0.620. The molecule has 1 N–H and O–H groups in total. The predicted molar refractivity (Wildman–Crippen MR) is 82.7 cm³/mol. The lowest BCUT2D eigenvalue weighted by atomic mass is 10.0. The van der Waals surface area contributed by atoms with Crippen LogP contribution < -0.4 is 5.32 Å². The van der Waals surface area contributed by atoms with Crippen LogP contribution in [0.25, 0.3) is 11.0 Å². The molecule has 0 amide bonds. The highest BCUT2D eigenvalue weighted by atomic mass is 19.1. The molecule has 1 aromatic heterocycles. The van der Waals surface area contributed by atoms with E-state index in [1.807, 2.05) is 31.3 Å². The van der Waals surface area contributed by atoms with Crippen LogP contribution in [-0.2, 0) is 6.42 Å². The largest absolute Gasteiger partial charge is 0.459 e. The van der Waals surface area contributed by atoms with Gasteiger partial charge in [-0.1, -0.05) is 30.3 Å². The van der Waals surface area contributed by atoms with E-state index < -0.39 is 0 Å². The second-order valence-corrected chi connectivity index (χ2v) is 5.20. The fraction of sp³-hybridized carbons (Fsp3) is 0.222. The van der Waals surface area contributed by atoms with E-state index in [4.69, 9.17) is 4.42 Å². The summed E-state index contributed by atoms with van der Waals surface area (Å²) in [4.78, 5) is 0. The van der Waals surface area contributed by atoms with E-state index in [1.165, 1.54) is 17.7 Å². The van der Waals surface area contributed by atoms with Crippen molar-refractivity contribution in [3.8, 4) is 0 Å². The van der Waals surface area contributed by atoms with Crippen molar-refractivity contribution in [2.75, 3.05) is 7.05 Å². The highest BCUT2D eigenvalue weighted by Gasteiger charge is 2.15. The first-order valence-corrected chi connectivity index (χ1v) is 7.16. The quantitative estimate of drug-likeness (QED) is 0.747. The molecular weight excluding hydrogens is 265 g/mol. The molecule has 2 aromatic carbocycles. The summed E-state index contributed by atoms with van der Waals surface area (Å²) in [6, 6.07) is 17.0. The molecule has 0 aliphatic carbocycles. The first-order valence-electron chi connectivity index (χ1n) is 7.16. The minimum Gasteiger partial charge on any atom is -0.459 e. The average molecular weight is 283 g/mol. The molecule has 1 atom stereocenters. The van der Waals surface area contributed by atoms with Gasteiger partial charge in [-0.2, -0.15) is 0 Å². The summed E-state index contributed by atoms with van der Waals surface area (Å²) in [7, 11) is 1.92. The van der Waals surface area contributed by atoms with E-state index >= 15 is 0 Å². The van der Waals surface area contributed by atoms with E-state index in [0.717, 1.165) is 29.6 Å². The maximum Gasteiger partial charge on any atom is 0.134 e. The summed E-state index contributed by atoms with van der Waals surface area (Å²) >= 11 is 0. The van der Waals surface area contributed by atoms with Crippen LogP contribution in [0.3, 0.4) is 0 Å². The van der Waals surface area contributed by atoms with E-state index in [9.17, 15) is 4.39 Å². The van der Waals surface area contributed by atoms with Gasteiger partial charge in [-0.25, -0.2) is 4.39 Å². The monoisotopic (exact) mass is 283 g/mol. The highest BCUT2D eigenvalue weighted by molar-refractivity contribution is 5.78. The van der Waals surface area contributed by atoms with Crippen molar-refractivity contribution in [2.45, 2.75) is 18.9 Å². The smallest absolute Gasteiger partial charge is 0.134 e. The fourth-order valence-corrected chi connectivity index (χ4v) is 2.59. The van der Waals surface area contributed by atoms with Crippen LogP contribution >= 0.6 is 0 Å². The minimum absolute atomic E-state index is 0.126. The Morgan fingerprint density at radius 2 is 1.90 bits per heavy atom. The predicted octanol–water partition coefficient (Wildman–Crippen LogP) is 4.47. The van der Waals surface area contributed by atoms with Crippen LogP contribution in [0.15, 0.2) is 59.0 Å². The molecule has 0 spiro atoms. The Kier molecular flexibility index (Phi) is 4.02. The van der Waals surface area contributed by atoms with Gasteiger partial charge in [0.15, 0.2) is 0 Å². The third-order valence-electron chi connectivity index (χ3n) is 3.75. The summed E-state index contributed by atoms with van der Waals surface area (Å²) < 4.78 is 19.1. The molecule has 0 saturated carbocycles. The molecule has 2 nitrogen and oxygen atoms in total. The number of fused-ring (bicyclic) bond motifs is 1. The van der Waals surface area contributed by atoms with Gasteiger partial charge in [0.25, 0.3) is 0 Å². The number of benzene rings is 2. The molecule has 108 valence electrons. The standard InChI is InChI=1S/C18H18FNO/c1-20-16(9-7-13-5-3-2-4-6-13)18-12-14-11-15(19)8-10-17(14)21-18/h2-6,8,10-12,16,20H,7,9H2,1H3. The second-order valence-electron chi connectivity index (χ2n) is 5.20. The summed E-state index contributed by atoms with van der Waals surface area (Å²) in [5, 5.41) is 4.09. The van der Waals surface area contributed by atoms with Crippen molar-refractivity contribution in [3.05, 3.63) is 71.7 Å². The third-order valence-corrected chi connectivity index (χ3v) is 3.75. The molecule has 0 aliphatic heterocycles. The van der Waals surface area contributed by atoms with Crippen LogP contribution in [0.4, 0.5) is 4.39 Å². The Morgan fingerprint density at radius 1 is 1.10 bits per heavy atom. The number of rotatable bonds is 5. The maximum absolute atomic E-state index is 13.2.